The Labute approximate surface area is 92.3 Å². The minimum absolute atomic E-state index is 0.274. The molecule has 0 aliphatic carbocycles. The standard InChI is InChI=1S/C11H8ClN3/c12-5-1-2-8-9(13)3-4-10-11(8)15-7-6-14-10/h3-4,6-7H,5,13H2. The molecule has 4 heteroatoms. The average molecular weight is 218 g/mol. The Balaban J connectivity index is 2.74. The smallest absolute Gasteiger partial charge is 0.106 e. The van der Waals surface area contributed by atoms with Gasteiger partial charge in [-0.3, -0.25) is 9.97 Å². The molecule has 2 N–H and O–H groups in total. The summed E-state index contributed by atoms with van der Waals surface area (Å²) in [5.41, 5.74) is 8.61. The van der Waals surface area contributed by atoms with E-state index in [0.29, 0.717) is 11.3 Å². The number of nitrogens with two attached hydrogens (primary N) is 1. The Bertz CT molecular complexity index is 554. The van der Waals surface area contributed by atoms with Gasteiger partial charge < -0.3 is 5.73 Å². The van der Waals surface area contributed by atoms with Crippen LogP contribution in [0.2, 0.25) is 0 Å². The van der Waals surface area contributed by atoms with Crippen LogP contribution in [0, 0.1) is 11.8 Å². The molecule has 0 aliphatic rings. The number of anilines is 1. The molecule has 15 heavy (non-hydrogen) atoms. The number of halogens is 1. The summed E-state index contributed by atoms with van der Waals surface area (Å²) in [6, 6.07) is 3.60. The second-order valence-corrected chi connectivity index (χ2v) is 3.16. The lowest BCUT2D eigenvalue weighted by molar-refractivity contribution is 1.29. The van der Waals surface area contributed by atoms with Crippen LogP contribution in [0.5, 0.6) is 0 Å². The molecule has 0 unspecified atom stereocenters. The maximum absolute atomic E-state index is 5.81. The van der Waals surface area contributed by atoms with Gasteiger partial charge in [0.2, 0.25) is 0 Å². The molecule has 0 spiro atoms. The number of rotatable bonds is 0. The highest BCUT2D eigenvalue weighted by molar-refractivity contribution is 6.19. The molecule has 3 nitrogen and oxygen atoms in total. The Morgan fingerprint density at radius 3 is 2.87 bits per heavy atom. The summed E-state index contributed by atoms with van der Waals surface area (Å²) in [6.45, 7) is 0. The van der Waals surface area contributed by atoms with E-state index < -0.39 is 0 Å². The molecule has 0 fully saturated rings. The highest BCUT2D eigenvalue weighted by Gasteiger charge is 2.03. The minimum Gasteiger partial charge on any atom is -0.398 e. The van der Waals surface area contributed by atoms with Gasteiger partial charge in [-0.15, -0.1) is 11.6 Å². The molecule has 2 rings (SSSR count). The van der Waals surface area contributed by atoms with Gasteiger partial charge in [-0.2, -0.15) is 0 Å². The molecule has 0 atom stereocenters. The zero-order chi connectivity index (χ0) is 10.7. The van der Waals surface area contributed by atoms with Crippen molar-refractivity contribution in [1.82, 2.24) is 9.97 Å². The second-order valence-electron chi connectivity index (χ2n) is 2.89. The van der Waals surface area contributed by atoms with Gasteiger partial charge in [0.05, 0.1) is 17.0 Å². The third-order valence-corrected chi connectivity index (χ3v) is 2.09. The topological polar surface area (TPSA) is 51.8 Å². The van der Waals surface area contributed by atoms with Crippen molar-refractivity contribution in [2.45, 2.75) is 0 Å². The maximum atomic E-state index is 5.81. The molecule has 74 valence electrons. The Kier molecular flexibility index (Phi) is 2.70. The van der Waals surface area contributed by atoms with Gasteiger partial charge >= 0.3 is 0 Å². The van der Waals surface area contributed by atoms with Gasteiger partial charge in [0, 0.05) is 18.1 Å². The highest BCUT2D eigenvalue weighted by Crippen LogP contribution is 2.19. The van der Waals surface area contributed by atoms with Crippen LogP contribution < -0.4 is 5.73 Å². The monoisotopic (exact) mass is 217 g/mol. The molecule has 1 aromatic carbocycles. The number of hydrogen-bond acceptors (Lipinski definition) is 3. The summed E-state index contributed by atoms with van der Waals surface area (Å²) >= 11 is 5.50. The van der Waals surface area contributed by atoms with Crippen molar-refractivity contribution < 1.29 is 0 Å². The summed E-state index contributed by atoms with van der Waals surface area (Å²) in [7, 11) is 0. The molecule has 1 heterocycles. The van der Waals surface area contributed by atoms with Crippen LogP contribution in [-0.2, 0) is 0 Å². The van der Waals surface area contributed by atoms with E-state index in [1.165, 1.54) is 0 Å². The van der Waals surface area contributed by atoms with Crippen molar-refractivity contribution in [2.75, 3.05) is 11.6 Å². The fraction of sp³-hybridized carbons (Fsp3) is 0.0909. The molecular formula is C11H8ClN3. The zero-order valence-electron chi connectivity index (χ0n) is 7.87. The molecule has 0 radical (unpaired) electrons. The van der Waals surface area contributed by atoms with Crippen LogP contribution >= 0.6 is 11.6 Å². The lowest BCUT2D eigenvalue weighted by Gasteiger charge is -2.01. The van der Waals surface area contributed by atoms with E-state index in [4.69, 9.17) is 17.3 Å². The Morgan fingerprint density at radius 2 is 2.07 bits per heavy atom. The number of nitrogen functional groups attached to an aromatic ring is 1. The van der Waals surface area contributed by atoms with E-state index in [9.17, 15) is 0 Å². The first-order chi connectivity index (χ1) is 7.33. The van der Waals surface area contributed by atoms with Crippen LogP contribution in [-0.4, -0.2) is 15.8 Å². The number of benzene rings is 1. The van der Waals surface area contributed by atoms with Gasteiger partial charge in [-0.1, -0.05) is 11.8 Å². The van der Waals surface area contributed by atoms with Crippen molar-refractivity contribution in [3.05, 3.63) is 30.1 Å². The molecule has 0 saturated heterocycles. The van der Waals surface area contributed by atoms with Gasteiger partial charge in [0.15, 0.2) is 0 Å². The third-order valence-electron chi connectivity index (χ3n) is 1.95. The largest absolute Gasteiger partial charge is 0.398 e. The summed E-state index contributed by atoms with van der Waals surface area (Å²) in [5, 5.41) is 0. The molecule has 0 saturated carbocycles. The Morgan fingerprint density at radius 1 is 1.27 bits per heavy atom. The number of nitrogens with zero attached hydrogens (tertiary/aromatic N) is 2. The van der Waals surface area contributed by atoms with Crippen LogP contribution in [0.15, 0.2) is 24.5 Å². The average Bonchev–Trinajstić information content (AvgIpc) is 2.28. The Hall–Kier alpha value is -1.79. The number of aromatic nitrogens is 2. The van der Waals surface area contributed by atoms with Gasteiger partial charge in [0.25, 0.3) is 0 Å². The van der Waals surface area contributed by atoms with E-state index in [2.05, 4.69) is 21.8 Å². The fourth-order valence-electron chi connectivity index (χ4n) is 1.31. The SMILES string of the molecule is Nc1ccc2nccnc2c1C#CCCl. The van der Waals surface area contributed by atoms with Crippen molar-refractivity contribution in [3.8, 4) is 11.8 Å². The minimum atomic E-state index is 0.274. The normalized spacial score (nSPS) is 9.67. The lowest BCUT2D eigenvalue weighted by atomic mass is 10.1. The molecule has 0 bridgehead atoms. The van der Waals surface area contributed by atoms with Crippen LogP contribution in [0.4, 0.5) is 5.69 Å². The maximum Gasteiger partial charge on any atom is 0.106 e. The van der Waals surface area contributed by atoms with E-state index in [-0.39, 0.29) is 5.88 Å². The molecule has 2 aromatic rings. The predicted molar refractivity (Wildman–Crippen MR) is 61.5 cm³/mol. The number of hydrogen-bond donors (Lipinski definition) is 1. The molecule has 1 aromatic heterocycles. The quantitative estimate of drug-likeness (QED) is 0.416. The first kappa shape index (κ1) is 9.75. The van der Waals surface area contributed by atoms with Crippen LogP contribution in [0.25, 0.3) is 11.0 Å². The highest BCUT2D eigenvalue weighted by atomic mass is 35.5. The third kappa shape index (κ3) is 1.85. The van der Waals surface area contributed by atoms with E-state index in [0.717, 1.165) is 11.0 Å². The fourth-order valence-corrected chi connectivity index (χ4v) is 1.37. The summed E-state index contributed by atoms with van der Waals surface area (Å²) < 4.78 is 0. The first-order valence-electron chi connectivity index (χ1n) is 4.37. The van der Waals surface area contributed by atoms with Gasteiger partial charge in [-0.25, -0.2) is 0 Å². The summed E-state index contributed by atoms with van der Waals surface area (Å²) in [5.74, 6) is 5.94. The van der Waals surface area contributed by atoms with E-state index in [1.54, 1.807) is 18.5 Å². The second kappa shape index (κ2) is 4.16. The number of alkyl halides is 1. The van der Waals surface area contributed by atoms with Gasteiger partial charge in [-0.05, 0) is 12.1 Å². The summed E-state index contributed by atoms with van der Waals surface area (Å²) in [6.07, 6.45) is 3.25. The molecular weight excluding hydrogens is 210 g/mol. The molecule has 0 aliphatic heterocycles. The van der Waals surface area contributed by atoms with E-state index >= 15 is 0 Å². The van der Waals surface area contributed by atoms with E-state index in [1.807, 2.05) is 6.07 Å². The zero-order valence-corrected chi connectivity index (χ0v) is 8.62. The van der Waals surface area contributed by atoms with Crippen molar-refractivity contribution in [2.24, 2.45) is 0 Å². The number of fused-ring (bicyclic) bond motifs is 1. The van der Waals surface area contributed by atoms with Crippen LogP contribution in [0.1, 0.15) is 5.56 Å². The van der Waals surface area contributed by atoms with Crippen molar-refractivity contribution >= 4 is 28.3 Å². The first-order valence-corrected chi connectivity index (χ1v) is 4.90. The molecule has 0 amide bonds. The lowest BCUT2D eigenvalue weighted by Crippen LogP contribution is -1.94. The van der Waals surface area contributed by atoms with Crippen LogP contribution in [0.3, 0.4) is 0 Å². The van der Waals surface area contributed by atoms with Gasteiger partial charge in [0.1, 0.15) is 5.52 Å². The van der Waals surface area contributed by atoms with Crippen molar-refractivity contribution in [1.29, 1.82) is 0 Å². The predicted octanol–water partition coefficient (Wildman–Crippen LogP) is 1.80. The van der Waals surface area contributed by atoms with Crippen molar-refractivity contribution in [3.63, 3.8) is 0 Å². The summed E-state index contributed by atoms with van der Waals surface area (Å²) in [4.78, 5) is 8.38.